The maximum atomic E-state index is 11.4. The summed E-state index contributed by atoms with van der Waals surface area (Å²) in [5, 5.41) is 5.99. The van der Waals surface area contributed by atoms with Crippen molar-refractivity contribution >= 4 is 5.91 Å². The Morgan fingerprint density at radius 1 is 1.05 bits per heavy atom. The monoisotopic (exact) mass is 284 g/mol. The molecule has 0 saturated carbocycles. The number of rotatable bonds is 6. The highest BCUT2D eigenvalue weighted by Crippen LogP contribution is 2.12. The lowest BCUT2D eigenvalue weighted by atomic mass is 10.1. The van der Waals surface area contributed by atoms with Gasteiger partial charge in [0, 0.05) is 25.7 Å². The minimum Gasteiger partial charge on any atom is -0.497 e. The highest BCUT2D eigenvalue weighted by molar-refractivity contribution is 5.93. The first kappa shape index (κ1) is 15.1. The van der Waals surface area contributed by atoms with Gasteiger partial charge in [-0.05, 0) is 35.4 Å². The van der Waals surface area contributed by atoms with Gasteiger partial charge < -0.3 is 15.4 Å². The highest BCUT2D eigenvalue weighted by atomic mass is 16.5. The Balaban J connectivity index is 1.87. The zero-order chi connectivity index (χ0) is 15.1. The van der Waals surface area contributed by atoms with Gasteiger partial charge >= 0.3 is 0 Å². The Morgan fingerprint density at radius 3 is 2.43 bits per heavy atom. The van der Waals surface area contributed by atoms with E-state index in [1.807, 2.05) is 42.5 Å². The van der Waals surface area contributed by atoms with E-state index in [2.05, 4.69) is 16.7 Å². The normalized spacial score (nSPS) is 10.2. The molecule has 0 aromatic heterocycles. The summed E-state index contributed by atoms with van der Waals surface area (Å²) in [7, 11) is 3.30. The van der Waals surface area contributed by atoms with Gasteiger partial charge in [-0.25, -0.2) is 0 Å². The third-order valence-electron chi connectivity index (χ3n) is 3.24. The molecule has 0 aliphatic heterocycles. The Hall–Kier alpha value is -2.33. The van der Waals surface area contributed by atoms with Crippen molar-refractivity contribution in [2.75, 3.05) is 14.2 Å². The largest absolute Gasteiger partial charge is 0.497 e. The number of carbonyl (C=O) groups excluding carboxylic acids is 1. The zero-order valence-corrected chi connectivity index (χ0v) is 12.3. The average Bonchev–Trinajstić information content (AvgIpc) is 2.55. The Bertz CT molecular complexity index is 594. The first-order valence-corrected chi connectivity index (χ1v) is 6.87. The van der Waals surface area contributed by atoms with Crippen molar-refractivity contribution in [1.29, 1.82) is 0 Å². The highest BCUT2D eigenvalue weighted by Gasteiger charge is 2.02. The molecule has 0 unspecified atom stereocenters. The van der Waals surface area contributed by atoms with E-state index in [0.29, 0.717) is 5.56 Å². The standard InChI is InChI=1S/C17H20N2O2/c1-18-17(20)15-8-6-13(7-9-15)11-19-12-14-4-3-5-16(10-14)21-2/h3-10,19H,11-12H2,1-2H3,(H,18,20). The number of ether oxygens (including phenoxy) is 1. The molecule has 0 fully saturated rings. The van der Waals surface area contributed by atoms with Crippen LogP contribution >= 0.6 is 0 Å². The number of nitrogens with one attached hydrogen (secondary N) is 2. The molecule has 0 spiro atoms. The molecule has 0 aliphatic carbocycles. The van der Waals surface area contributed by atoms with Crippen LogP contribution in [0.1, 0.15) is 21.5 Å². The summed E-state index contributed by atoms with van der Waals surface area (Å²) >= 11 is 0. The van der Waals surface area contributed by atoms with Crippen molar-refractivity contribution in [3.8, 4) is 5.75 Å². The fourth-order valence-corrected chi connectivity index (χ4v) is 2.05. The molecule has 2 aromatic rings. The van der Waals surface area contributed by atoms with E-state index in [0.717, 1.165) is 24.4 Å². The van der Waals surface area contributed by atoms with E-state index in [9.17, 15) is 4.79 Å². The Kier molecular flexibility index (Phi) is 5.35. The number of hydrogen-bond acceptors (Lipinski definition) is 3. The minimum atomic E-state index is -0.0640. The second-order valence-corrected chi connectivity index (χ2v) is 4.73. The summed E-state index contributed by atoms with van der Waals surface area (Å²) in [6, 6.07) is 15.6. The Labute approximate surface area is 125 Å². The molecular formula is C17H20N2O2. The SMILES string of the molecule is CNC(=O)c1ccc(CNCc2cccc(OC)c2)cc1. The van der Waals surface area contributed by atoms with Gasteiger partial charge in [0.25, 0.3) is 5.91 Å². The van der Waals surface area contributed by atoms with Crippen LogP contribution in [0.2, 0.25) is 0 Å². The van der Waals surface area contributed by atoms with E-state index in [-0.39, 0.29) is 5.91 Å². The molecule has 4 nitrogen and oxygen atoms in total. The molecule has 0 radical (unpaired) electrons. The van der Waals surface area contributed by atoms with Gasteiger partial charge in [0.1, 0.15) is 5.75 Å². The molecule has 110 valence electrons. The smallest absolute Gasteiger partial charge is 0.251 e. The van der Waals surface area contributed by atoms with Crippen molar-refractivity contribution in [2.24, 2.45) is 0 Å². The minimum absolute atomic E-state index is 0.0640. The van der Waals surface area contributed by atoms with Gasteiger partial charge in [0.2, 0.25) is 0 Å². The topological polar surface area (TPSA) is 50.4 Å². The second kappa shape index (κ2) is 7.45. The maximum Gasteiger partial charge on any atom is 0.251 e. The van der Waals surface area contributed by atoms with Crippen LogP contribution < -0.4 is 15.4 Å². The molecule has 1 amide bonds. The fraction of sp³-hybridized carbons (Fsp3) is 0.235. The number of benzene rings is 2. The molecule has 2 rings (SSSR count). The van der Waals surface area contributed by atoms with Crippen molar-refractivity contribution < 1.29 is 9.53 Å². The van der Waals surface area contributed by atoms with Crippen molar-refractivity contribution in [3.05, 3.63) is 65.2 Å². The molecule has 0 aliphatic rings. The number of amides is 1. The average molecular weight is 284 g/mol. The lowest BCUT2D eigenvalue weighted by Crippen LogP contribution is -2.18. The van der Waals surface area contributed by atoms with Gasteiger partial charge in [-0.15, -0.1) is 0 Å². The first-order valence-electron chi connectivity index (χ1n) is 6.87. The summed E-state index contributed by atoms with van der Waals surface area (Å²) < 4.78 is 5.20. The quantitative estimate of drug-likeness (QED) is 0.856. The van der Waals surface area contributed by atoms with Crippen LogP contribution in [0.3, 0.4) is 0 Å². The molecule has 2 N–H and O–H groups in total. The predicted octanol–water partition coefficient (Wildman–Crippen LogP) is 2.34. The van der Waals surface area contributed by atoms with E-state index in [1.165, 1.54) is 5.56 Å². The van der Waals surface area contributed by atoms with Gasteiger partial charge in [-0.3, -0.25) is 4.79 Å². The first-order chi connectivity index (χ1) is 10.2. The summed E-state index contributed by atoms with van der Waals surface area (Å²) in [6.07, 6.45) is 0. The molecule has 0 heterocycles. The third-order valence-corrected chi connectivity index (χ3v) is 3.24. The summed E-state index contributed by atoms with van der Waals surface area (Å²) in [5.41, 5.74) is 3.00. The van der Waals surface area contributed by atoms with Crippen LogP contribution in [-0.4, -0.2) is 20.1 Å². The molecular weight excluding hydrogens is 264 g/mol. The van der Waals surface area contributed by atoms with Gasteiger partial charge in [0.15, 0.2) is 0 Å². The summed E-state index contributed by atoms with van der Waals surface area (Å²) in [6.45, 7) is 1.53. The van der Waals surface area contributed by atoms with E-state index in [1.54, 1.807) is 14.2 Å². The van der Waals surface area contributed by atoms with Gasteiger partial charge in [0.05, 0.1) is 7.11 Å². The van der Waals surface area contributed by atoms with E-state index in [4.69, 9.17) is 4.74 Å². The number of carbonyl (C=O) groups is 1. The number of hydrogen-bond donors (Lipinski definition) is 2. The summed E-state index contributed by atoms with van der Waals surface area (Å²) in [4.78, 5) is 11.4. The molecule has 0 saturated heterocycles. The van der Waals surface area contributed by atoms with Crippen molar-refractivity contribution in [2.45, 2.75) is 13.1 Å². The van der Waals surface area contributed by atoms with Crippen molar-refractivity contribution in [1.82, 2.24) is 10.6 Å². The lowest BCUT2D eigenvalue weighted by molar-refractivity contribution is 0.0963. The third kappa shape index (κ3) is 4.33. The molecule has 0 bridgehead atoms. The van der Waals surface area contributed by atoms with Gasteiger partial charge in [-0.1, -0.05) is 24.3 Å². The fourth-order valence-electron chi connectivity index (χ4n) is 2.05. The molecule has 0 atom stereocenters. The van der Waals surface area contributed by atoms with E-state index < -0.39 is 0 Å². The second-order valence-electron chi connectivity index (χ2n) is 4.73. The van der Waals surface area contributed by atoms with Crippen LogP contribution in [-0.2, 0) is 13.1 Å². The lowest BCUT2D eigenvalue weighted by Gasteiger charge is -2.07. The Morgan fingerprint density at radius 2 is 1.76 bits per heavy atom. The molecule has 4 heteroatoms. The van der Waals surface area contributed by atoms with Crippen LogP contribution in [0, 0.1) is 0 Å². The van der Waals surface area contributed by atoms with Crippen LogP contribution in [0.5, 0.6) is 5.75 Å². The molecule has 21 heavy (non-hydrogen) atoms. The zero-order valence-electron chi connectivity index (χ0n) is 12.3. The van der Waals surface area contributed by atoms with Crippen LogP contribution in [0.25, 0.3) is 0 Å². The van der Waals surface area contributed by atoms with E-state index >= 15 is 0 Å². The van der Waals surface area contributed by atoms with Crippen LogP contribution in [0.4, 0.5) is 0 Å². The van der Waals surface area contributed by atoms with Crippen molar-refractivity contribution in [3.63, 3.8) is 0 Å². The van der Waals surface area contributed by atoms with Crippen LogP contribution in [0.15, 0.2) is 48.5 Å². The predicted molar refractivity (Wildman–Crippen MR) is 83.4 cm³/mol. The number of methoxy groups -OCH3 is 1. The van der Waals surface area contributed by atoms with Gasteiger partial charge in [-0.2, -0.15) is 0 Å². The maximum absolute atomic E-state index is 11.4. The summed E-state index contributed by atoms with van der Waals surface area (Å²) in [5.74, 6) is 0.801. The molecule has 2 aromatic carbocycles.